The highest BCUT2D eigenvalue weighted by Gasteiger charge is 2.12. The first kappa shape index (κ1) is 17.9. The quantitative estimate of drug-likeness (QED) is 0.722. The summed E-state index contributed by atoms with van der Waals surface area (Å²) >= 11 is 1.87. The number of amides is 2. The molecule has 1 rings (SSSR count). The molecule has 0 fully saturated rings. The Balaban J connectivity index is 2.66. The van der Waals surface area contributed by atoms with E-state index in [9.17, 15) is 4.79 Å². The van der Waals surface area contributed by atoms with Gasteiger partial charge in [0, 0.05) is 21.9 Å². The van der Waals surface area contributed by atoms with Crippen LogP contribution in [0.5, 0.6) is 0 Å². The molecule has 2 unspecified atom stereocenters. The number of rotatable bonds is 6. The van der Waals surface area contributed by atoms with Crippen LogP contribution in [-0.4, -0.2) is 17.3 Å². The van der Waals surface area contributed by atoms with Crippen LogP contribution in [0.2, 0.25) is 0 Å². The lowest BCUT2D eigenvalue weighted by Crippen LogP contribution is -2.39. The zero-order valence-corrected chi connectivity index (χ0v) is 14.8. The van der Waals surface area contributed by atoms with Crippen LogP contribution in [-0.2, 0) is 0 Å². The SMILES string of the molecule is CCC(C)Sc1ccc(NC(=O)NC(C)C(C)C)c(C)c1. The van der Waals surface area contributed by atoms with Crippen LogP contribution in [0.4, 0.5) is 10.5 Å². The Morgan fingerprint density at radius 3 is 2.43 bits per heavy atom. The summed E-state index contributed by atoms with van der Waals surface area (Å²) < 4.78 is 0. The zero-order chi connectivity index (χ0) is 16.0. The number of benzene rings is 1. The van der Waals surface area contributed by atoms with Gasteiger partial charge in [-0.3, -0.25) is 0 Å². The van der Waals surface area contributed by atoms with Gasteiger partial charge in [0.2, 0.25) is 0 Å². The van der Waals surface area contributed by atoms with Gasteiger partial charge in [0.15, 0.2) is 0 Å². The highest BCUT2D eigenvalue weighted by Crippen LogP contribution is 2.28. The minimum atomic E-state index is -0.137. The van der Waals surface area contributed by atoms with Crippen LogP contribution in [0.3, 0.4) is 0 Å². The fourth-order valence-corrected chi connectivity index (χ4v) is 2.72. The Labute approximate surface area is 133 Å². The number of carbonyl (C=O) groups excluding carboxylic acids is 1. The first-order valence-electron chi connectivity index (χ1n) is 7.68. The van der Waals surface area contributed by atoms with Gasteiger partial charge in [-0.2, -0.15) is 0 Å². The molecule has 0 heterocycles. The molecule has 2 amide bonds. The fourth-order valence-electron chi connectivity index (χ4n) is 1.70. The van der Waals surface area contributed by atoms with Gasteiger partial charge in [-0.25, -0.2) is 4.79 Å². The summed E-state index contributed by atoms with van der Waals surface area (Å²) in [5.41, 5.74) is 1.97. The molecule has 0 saturated carbocycles. The van der Waals surface area contributed by atoms with Crippen molar-refractivity contribution in [3.05, 3.63) is 23.8 Å². The number of urea groups is 1. The average Bonchev–Trinajstić information content (AvgIpc) is 2.41. The predicted octanol–water partition coefficient (Wildman–Crippen LogP) is 5.05. The van der Waals surface area contributed by atoms with Gasteiger partial charge in [0.1, 0.15) is 0 Å². The lowest BCUT2D eigenvalue weighted by atomic mass is 10.1. The molecular weight excluding hydrogens is 280 g/mol. The average molecular weight is 308 g/mol. The van der Waals surface area contributed by atoms with Crippen LogP contribution in [0.1, 0.15) is 46.6 Å². The minimum absolute atomic E-state index is 0.137. The highest BCUT2D eigenvalue weighted by molar-refractivity contribution is 7.99. The molecule has 2 atom stereocenters. The van der Waals surface area contributed by atoms with Gasteiger partial charge < -0.3 is 10.6 Å². The van der Waals surface area contributed by atoms with Crippen molar-refractivity contribution in [3.63, 3.8) is 0 Å². The second-order valence-corrected chi connectivity index (χ2v) is 7.46. The van der Waals surface area contributed by atoms with Crippen molar-refractivity contribution in [1.82, 2.24) is 5.32 Å². The summed E-state index contributed by atoms with van der Waals surface area (Å²) in [6.45, 7) is 12.7. The molecule has 0 aliphatic carbocycles. The van der Waals surface area contributed by atoms with Crippen molar-refractivity contribution in [1.29, 1.82) is 0 Å². The molecule has 0 bridgehead atoms. The number of thioether (sulfide) groups is 1. The number of aryl methyl sites for hydroxylation is 1. The normalized spacial score (nSPS) is 13.9. The van der Waals surface area contributed by atoms with Crippen molar-refractivity contribution in [2.75, 3.05) is 5.32 Å². The largest absolute Gasteiger partial charge is 0.335 e. The predicted molar refractivity (Wildman–Crippen MR) is 93.2 cm³/mol. The third-order valence-electron chi connectivity index (χ3n) is 3.72. The zero-order valence-electron chi connectivity index (χ0n) is 14.0. The second kappa shape index (κ2) is 8.32. The Bertz CT molecular complexity index is 474. The summed E-state index contributed by atoms with van der Waals surface area (Å²) in [6.07, 6.45) is 1.15. The van der Waals surface area contributed by atoms with E-state index in [2.05, 4.69) is 50.5 Å². The first-order chi connectivity index (χ1) is 9.83. The molecular formula is C17H28N2OS. The Morgan fingerprint density at radius 2 is 1.90 bits per heavy atom. The summed E-state index contributed by atoms with van der Waals surface area (Å²) in [5.74, 6) is 0.422. The number of hydrogen-bond acceptors (Lipinski definition) is 2. The molecule has 21 heavy (non-hydrogen) atoms. The Kier molecular flexibility index (Phi) is 7.09. The van der Waals surface area contributed by atoms with E-state index >= 15 is 0 Å². The van der Waals surface area contributed by atoms with E-state index < -0.39 is 0 Å². The first-order valence-corrected chi connectivity index (χ1v) is 8.56. The monoisotopic (exact) mass is 308 g/mol. The van der Waals surface area contributed by atoms with Crippen molar-refractivity contribution in [2.24, 2.45) is 5.92 Å². The molecule has 0 aromatic heterocycles. The van der Waals surface area contributed by atoms with Crippen LogP contribution in [0.15, 0.2) is 23.1 Å². The van der Waals surface area contributed by atoms with E-state index in [-0.39, 0.29) is 12.1 Å². The molecule has 3 nitrogen and oxygen atoms in total. The molecule has 118 valence electrons. The summed E-state index contributed by atoms with van der Waals surface area (Å²) in [6, 6.07) is 6.22. The maximum Gasteiger partial charge on any atom is 0.319 e. The van der Waals surface area contributed by atoms with Gasteiger partial charge >= 0.3 is 6.03 Å². The molecule has 1 aromatic carbocycles. The van der Waals surface area contributed by atoms with Crippen molar-refractivity contribution >= 4 is 23.5 Å². The third-order valence-corrected chi connectivity index (χ3v) is 4.98. The second-order valence-electron chi connectivity index (χ2n) is 5.94. The van der Waals surface area contributed by atoms with Gasteiger partial charge in [-0.15, -0.1) is 11.8 Å². The molecule has 1 aromatic rings. The maximum atomic E-state index is 12.0. The van der Waals surface area contributed by atoms with E-state index in [0.717, 1.165) is 17.7 Å². The van der Waals surface area contributed by atoms with Crippen LogP contribution < -0.4 is 10.6 Å². The van der Waals surface area contributed by atoms with E-state index in [4.69, 9.17) is 0 Å². The molecule has 0 radical (unpaired) electrons. The van der Waals surface area contributed by atoms with E-state index in [1.807, 2.05) is 31.7 Å². The molecule has 2 N–H and O–H groups in total. The molecule has 0 aliphatic rings. The van der Waals surface area contributed by atoms with Crippen molar-refractivity contribution < 1.29 is 4.79 Å². The number of carbonyl (C=O) groups is 1. The van der Waals surface area contributed by atoms with Gasteiger partial charge in [-0.05, 0) is 49.9 Å². The fraction of sp³-hybridized carbons (Fsp3) is 0.588. The van der Waals surface area contributed by atoms with Crippen molar-refractivity contribution in [3.8, 4) is 0 Å². The smallest absolute Gasteiger partial charge is 0.319 e. The summed E-state index contributed by atoms with van der Waals surface area (Å²) in [4.78, 5) is 13.2. The summed E-state index contributed by atoms with van der Waals surface area (Å²) in [5, 5.41) is 6.50. The van der Waals surface area contributed by atoms with E-state index in [1.165, 1.54) is 4.90 Å². The highest BCUT2D eigenvalue weighted by atomic mass is 32.2. The third kappa shape index (κ3) is 6.00. The van der Waals surface area contributed by atoms with Crippen molar-refractivity contribution in [2.45, 2.75) is 64.2 Å². The number of nitrogens with one attached hydrogen (secondary N) is 2. The lowest BCUT2D eigenvalue weighted by Gasteiger charge is -2.18. The van der Waals surface area contributed by atoms with E-state index in [0.29, 0.717) is 11.2 Å². The maximum absolute atomic E-state index is 12.0. The molecule has 0 aliphatic heterocycles. The van der Waals surface area contributed by atoms with Gasteiger partial charge in [0.05, 0.1) is 0 Å². The summed E-state index contributed by atoms with van der Waals surface area (Å²) in [7, 11) is 0. The number of hydrogen-bond donors (Lipinski definition) is 2. The minimum Gasteiger partial charge on any atom is -0.335 e. The Morgan fingerprint density at radius 1 is 1.24 bits per heavy atom. The van der Waals surface area contributed by atoms with E-state index in [1.54, 1.807) is 0 Å². The standard InChI is InChI=1S/C17H28N2OS/c1-7-13(5)21-15-8-9-16(12(4)10-15)19-17(20)18-14(6)11(2)3/h8-11,13-14H,7H2,1-6H3,(H2,18,19,20). The molecule has 0 saturated heterocycles. The van der Waals surface area contributed by atoms with Crippen LogP contribution in [0.25, 0.3) is 0 Å². The molecule has 0 spiro atoms. The van der Waals surface area contributed by atoms with Crippen LogP contribution >= 0.6 is 11.8 Å². The topological polar surface area (TPSA) is 41.1 Å². The number of anilines is 1. The Hall–Kier alpha value is -1.16. The van der Waals surface area contributed by atoms with Gasteiger partial charge in [-0.1, -0.05) is 27.7 Å². The van der Waals surface area contributed by atoms with Gasteiger partial charge in [0.25, 0.3) is 0 Å². The van der Waals surface area contributed by atoms with Crippen LogP contribution in [0, 0.1) is 12.8 Å². The molecule has 4 heteroatoms. The lowest BCUT2D eigenvalue weighted by molar-refractivity contribution is 0.246.